The molecule has 5 heteroatoms. The highest BCUT2D eigenvalue weighted by Gasteiger charge is 2.29. The normalized spacial score (nSPS) is 12.5. The number of H-pyrrole nitrogens is 1. The molecule has 0 atom stereocenters. The van der Waals surface area contributed by atoms with Crippen molar-refractivity contribution in [2.75, 3.05) is 0 Å². The lowest BCUT2D eigenvalue weighted by Gasteiger charge is -1.74. The quantitative estimate of drug-likeness (QED) is 0.433. The number of rotatable bonds is 0. The van der Waals surface area contributed by atoms with Crippen LogP contribution in [0.1, 0.15) is 0 Å². The van der Waals surface area contributed by atoms with E-state index in [0.29, 0.717) is 0 Å². The third-order valence-electron chi connectivity index (χ3n) is 0.942. The molecule has 8 heavy (non-hydrogen) atoms. The van der Waals surface area contributed by atoms with E-state index in [1.165, 1.54) is 0 Å². The average molecular weight is 114 g/mol. The van der Waals surface area contributed by atoms with Gasteiger partial charge in [0.15, 0.2) is 0 Å². The molecule has 0 saturated heterocycles. The second-order valence-corrected chi connectivity index (χ2v) is 1.47. The summed E-state index contributed by atoms with van der Waals surface area (Å²) in [6.07, 6.45) is 0. The number of hydrogen-bond donors (Lipinski definition) is 2. The van der Waals surface area contributed by atoms with Crippen molar-refractivity contribution in [3.8, 4) is 11.8 Å². The summed E-state index contributed by atoms with van der Waals surface area (Å²) in [7, 11) is 0. The largest absolute Gasteiger partial charge is 0.491 e. The molecule has 2 N–H and O–H groups in total. The van der Waals surface area contributed by atoms with E-state index in [1.54, 1.807) is 0 Å². The van der Waals surface area contributed by atoms with Crippen LogP contribution in [0.25, 0.3) is 0 Å². The van der Waals surface area contributed by atoms with Gasteiger partial charge in [-0.15, -0.1) is 0 Å². The summed E-state index contributed by atoms with van der Waals surface area (Å²) < 4.78 is 0.968. The van der Waals surface area contributed by atoms with Crippen LogP contribution in [-0.4, -0.2) is 14.8 Å². The fourth-order valence-corrected chi connectivity index (χ4v) is 0.545. The Kier molecular flexibility index (Phi) is 0.337. The van der Waals surface area contributed by atoms with E-state index in [9.17, 15) is 4.79 Å². The summed E-state index contributed by atoms with van der Waals surface area (Å²) in [5.41, 5.74) is -0.433. The zero-order valence-electron chi connectivity index (χ0n) is 3.71. The Morgan fingerprint density at radius 1 is 1.75 bits per heavy atom. The van der Waals surface area contributed by atoms with E-state index in [0.717, 1.165) is 4.73 Å². The average Bonchev–Trinajstić information content (AvgIpc) is 2.35. The SMILES string of the molecule is O=c1[nH]c(O)c2n1O2. The standard InChI is InChI=1S/C3H2N2O3/c6-1-2-5(8-2)3(7)4-1/h6H,(H,4,7). The smallest absolute Gasteiger partial charge is 0.365 e. The summed E-state index contributed by atoms with van der Waals surface area (Å²) in [4.78, 5) is 16.9. The van der Waals surface area contributed by atoms with Gasteiger partial charge in [-0.25, -0.2) is 4.79 Å². The first-order valence-corrected chi connectivity index (χ1v) is 2.01. The molecule has 42 valence electrons. The maximum absolute atomic E-state index is 10.3. The third kappa shape index (κ3) is 0.218. The number of fused-ring (bicyclic) bond motifs is 1. The predicted molar refractivity (Wildman–Crippen MR) is 22.7 cm³/mol. The minimum Gasteiger partial charge on any atom is -0.491 e. The summed E-state index contributed by atoms with van der Waals surface area (Å²) in [5, 5.41) is 8.59. The van der Waals surface area contributed by atoms with Crippen LogP contribution in [-0.2, 0) is 0 Å². The molecule has 0 bridgehead atoms. The van der Waals surface area contributed by atoms with Crippen LogP contribution in [0.15, 0.2) is 4.79 Å². The Hall–Kier alpha value is -1.39. The van der Waals surface area contributed by atoms with Gasteiger partial charge in [-0.3, -0.25) is 4.98 Å². The van der Waals surface area contributed by atoms with E-state index in [2.05, 4.69) is 9.82 Å². The summed E-state index contributed by atoms with van der Waals surface area (Å²) in [6, 6.07) is 0. The molecular weight excluding hydrogens is 112 g/mol. The predicted octanol–water partition coefficient (Wildman–Crippen LogP) is -0.963. The van der Waals surface area contributed by atoms with Crippen molar-refractivity contribution in [3.63, 3.8) is 0 Å². The molecule has 0 spiro atoms. The van der Waals surface area contributed by atoms with Gasteiger partial charge in [-0.1, -0.05) is 4.73 Å². The summed E-state index contributed by atoms with van der Waals surface area (Å²) in [6.45, 7) is 0. The molecular formula is C3H2N2O3. The fourth-order valence-electron chi connectivity index (χ4n) is 0.545. The molecule has 1 aromatic heterocycles. The Balaban J connectivity index is 2.89. The van der Waals surface area contributed by atoms with Gasteiger partial charge in [-0.2, -0.15) is 0 Å². The molecule has 2 rings (SSSR count). The summed E-state index contributed by atoms with van der Waals surface area (Å²) in [5.74, 6) is 0.0185. The molecule has 0 aliphatic carbocycles. The third-order valence-corrected chi connectivity index (χ3v) is 0.942. The van der Waals surface area contributed by atoms with E-state index >= 15 is 0 Å². The van der Waals surface area contributed by atoms with E-state index < -0.39 is 5.69 Å². The van der Waals surface area contributed by atoms with Gasteiger partial charge in [0.25, 0.3) is 5.88 Å². The molecule has 0 radical (unpaired) electrons. The highest BCUT2D eigenvalue weighted by Crippen LogP contribution is 2.30. The van der Waals surface area contributed by atoms with Crippen LogP contribution in [0, 0.1) is 0 Å². The maximum atomic E-state index is 10.3. The topological polar surface area (TPSA) is 70.5 Å². The summed E-state index contributed by atoms with van der Waals surface area (Å²) >= 11 is 0. The Bertz CT molecular complexity index is 283. The fraction of sp³-hybridized carbons (Fsp3) is 0. The lowest BCUT2D eigenvalue weighted by atomic mass is 10.8. The molecule has 0 aromatic carbocycles. The van der Waals surface area contributed by atoms with Crippen LogP contribution in [0.2, 0.25) is 0 Å². The lowest BCUT2D eigenvalue weighted by Crippen LogP contribution is -2.08. The number of aromatic nitrogens is 2. The van der Waals surface area contributed by atoms with Crippen molar-refractivity contribution in [3.05, 3.63) is 10.5 Å². The lowest BCUT2D eigenvalue weighted by molar-refractivity contribution is 0.383. The zero-order chi connectivity index (χ0) is 5.72. The van der Waals surface area contributed by atoms with Crippen molar-refractivity contribution in [2.45, 2.75) is 0 Å². The molecule has 0 fully saturated rings. The van der Waals surface area contributed by atoms with E-state index in [-0.39, 0.29) is 11.8 Å². The second-order valence-electron chi connectivity index (χ2n) is 1.47. The maximum Gasteiger partial charge on any atom is 0.365 e. The first-order valence-electron chi connectivity index (χ1n) is 2.01. The van der Waals surface area contributed by atoms with Gasteiger partial charge >= 0.3 is 11.6 Å². The van der Waals surface area contributed by atoms with E-state index in [4.69, 9.17) is 5.11 Å². The van der Waals surface area contributed by atoms with Gasteiger partial charge in [-0.05, 0) is 0 Å². The van der Waals surface area contributed by atoms with Crippen LogP contribution >= 0.6 is 0 Å². The minimum atomic E-state index is -0.433. The molecule has 5 nitrogen and oxygen atoms in total. The Morgan fingerprint density at radius 3 is 2.62 bits per heavy atom. The van der Waals surface area contributed by atoms with Gasteiger partial charge in [0.1, 0.15) is 0 Å². The van der Waals surface area contributed by atoms with Crippen molar-refractivity contribution in [1.29, 1.82) is 0 Å². The Labute approximate surface area is 43.1 Å². The van der Waals surface area contributed by atoms with Crippen LogP contribution < -0.4 is 10.5 Å². The minimum absolute atomic E-state index is 0.199. The molecule has 1 aliphatic heterocycles. The Morgan fingerprint density at radius 2 is 2.50 bits per heavy atom. The highest BCUT2D eigenvalue weighted by molar-refractivity contribution is 5.31. The molecule has 1 aromatic rings. The monoisotopic (exact) mass is 114 g/mol. The van der Waals surface area contributed by atoms with Gasteiger partial charge in [0.05, 0.1) is 0 Å². The first-order chi connectivity index (χ1) is 3.79. The molecule has 0 unspecified atom stereocenters. The van der Waals surface area contributed by atoms with Crippen LogP contribution in [0.3, 0.4) is 0 Å². The number of aromatic amines is 1. The molecule has 2 heterocycles. The zero-order valence-corrected chi connectivity index (χ0v) is 3.71. The van der Waals surface area contributed by atoms with Gasteiger partial charge in [0, 0.05) is 0 Å². The number of hydrogen-bond acceptors (Lipinski definition) is 3. The molecule has 1 aliphatic rings. The second kappa shape index (κ2) is 0.750. The van der Waals surface area contributed by atoms with Crippen molar-refractivity contribution in [2.24, 2.45) is 0 Å². The number of nitrogens with zero attached hydrogens (tertiary/aromatic N) is 1. The first kappa shape index (κ1) is 3.59. The van der Waals surface area contributed by atoms with E-state index in [1.807, 2.05) is 0 Å². The molecule has 0 saturated carbocycles. The number of nitrogens with one attached hydrogen (secondary N) is 1. The number of imidazole rings is 1. The van der Waals surface area contributed by atoms with Crippen molar-refractivity contribution >= 4 is 0 Å². The van der Waals surface area contributed by atoms with Crippen molar-refractivity contribution in [1.82, 2.24) is 9.71 Å². The molecule has 0 amide bonds. The highest BCUT2D eigenvalue weighted by atomic mass is 16.8. The van der Waals surface area contributed by atoms with Crippen LogP contribution in [0.5, 0.6) is 11.8 Å². The van der Waals surface area contributed by atoms with Gasteiger partial charge in [0.2, 0.25) is 0 Å². The van der Waals surface area contributed by atoms with Crippen molar-refractivity contribution < 1.29 is 9.94 Å². The number of aromatic hydroxyl groups is 1. The van der Waals surface area contributed by atoms with Gasteiger partial charge < -0.3 is 9.94 Å². The van der Waals surface area contributed by atoms with Crippen LogP contribution in [0.4, 0.5) is 0 Å².